The van der Waals surface area contributed by atoms with E-state index in [4.69, 9.17) is 0 Å². The Labute approximate surface area is 128 Å². The Bertz CT molecular complexity index is 271. The lowest BCUT2D eigenvalue weighted by molar-refractivity contribution is -0.126. The second-order valence-corrected chi connectivity index (χ2v) is 5.36. The van der Waals surface area contributed by atoms with Crippen molar-refractivity contribution in [2.45, 2.75) is 32.7 Å². The fourth-order valence-corrected chi connectivity index (χ4v) is 2.40. The summed E-state index contributed by atoms with van der Waals surface area (Å²) in [5.41, 5.74) is 0. The second-order valence-electron chi connectivity index (χ2n) is 5.36. The van der Waals surface area contributed by atoms with E-state index in [9.17, 15) is 4.79 Å². The third-order valence-electron chi connectivity index (χ3n) is 4.10. The van der Waals surface area contributed by atoms with Crippen LogP contribution in [0.5, 0.6) is 0 Å². The molecule has 2 rings (SSSR count). The van der Waals surface area contributed by atoms with Crippen LogP contribution in [0.2, 0.25) is 0 Å². The highest BCUT2D eigenvalue weighted by Gasteiger charge is 2.29. The monoisotopic (exact) mass is 311 g/mol. The number of rotatable bonds is 7. The molecule has 1 atom stereocenters. The molecule has 1 aliphatic carbocycles. The Kier molecular flexibility index (Phi) is 8.99. The molecule has 0 bridgehead atoms. The van der Waals surface area contributed by atoms with Crippen molar-refractivity contribution in [1.29, 1.82) is 0 Å². The van der Waals surface area contributed by atoms with E-state index >= 15 is 0 Å². The van der Waals surface area contributed by atoms with Crippen LogP contribution in [0.25, 0.3) is 0 Å². The summed E-state index contributed by atoms with van der Waals surface area (Å²) >= 11 is 0. The maximum Gasteiger partial charge on any atom is 0.223 e. The first-order valence-corrected chi connectivity index (χ1v) is 6.94. The Morgan fingerprint density at radius 1 is 1.37 bits per heavy atom. The van der Waals surface area contributed by atoms with Gasteiger partial charge >= 0.3 is 0 Å². The molecule has 0 aromatic rings. The van der Waals surface area contributed by atoms with E-state index in [0.29, 0.717) is 5.92 Å². The van der Waals surface area contributed by atoms with Gasteiger partial charge in [-0.15, -0.1) is 24.8 Å². The topological polar surface area (TPSA) is 44.4 Å². The van der Waals surface area contributed by atoms with Crippen molar-refractivity contribution < 1.29 is 4.79 Å². The first-order chi connectivity index (χ1) is 8.22. The van der Waals surface area contributed by atoms with Crippen LogP contribution in [0, 0.1) is 11.8 Å². The number of halogens is 2. The minimum absolute atomic E-state index is 0. The van der Waals surface area contributed by atoms with Crippen LogP contribution in [0.4, 0.5) is 0 Å². The van der Waals surface area contributed by atoms with Crippen molar-refractivity contribution in [2.75, 3.05) is 32.7 Å². The molecule has 0 aromatic heterocycles. The van der Waals surface area contributed by atoms with Gasteiger partial charge in [0.15, 0.2) is 0 Å². The highest BCUT2D eigenvalue weighted by molar-refractivity contribution is 5.85. The van der Waals surface area contributed by atoms with Crippen molar-refractivity contribution in [2.24, 2.45) is 11.8 Å². The van der Waals surface area contributed by atoms with E-state index in [2.05, 4.69) is 22.5 Å². The van der Waals surface area contributed by atoms with Crippen molar-refractivity contribution in [1.82, 2.24) is 15.5 Å². The van der Waals surface area contributed by atoms with Crippen LogP contribution in [0.15, 0.2) is 0 Å². The van der Waals surface area contributed by atoms with E-state index < -0.39 is 0 Å². The maximum absolute atomic E-state index is 11.9. The van der Waals surface area contributed by atoms with E-state index in [1.807, 2.05) is 6.92 Å². The number of hydrogen-bond donors (Lipinski definition) is 2. The van der Waals surface area contributed by atoms with Crippen LogP contribution >= 0.6 is 24.8 Å². The van der Waals surface area contributed by atoms with Gasteiger partial charge in [-0.05, 0) is 38.4 Å². The second kappa shape index (κ2) is 9.01. The van der Waals surface area contributed by atoms with E-state index in [1.54, 1.807) is 0 Å². The van der Waals surface area contributed by atoms with Crippen LogP contribution in [-0.4, -0.2) is 49.6 Å². The van der Waals surface area contributed by atoms with Crippen LogP contribution in [0.1, 0.15) is 26.7 Å². The van der Waals surface area contributed by atoms with Crippen molar-refractivity contribution in [3.8, 4) is 0 Å². The zero-order chi connectivity index (χ0) is 12.3. The first kappa shape index (κ1) is 19.0. The third-order valence-corrected chi connectivity index (χ3v) is 4.10. The summed E-state index contributed by atoms with van der Waals surface area (Å²) in [5.74, 6) is 0.927. The van der Waals surface area contributed by atoms with E-state index in [0.717, 1.165) is 38.8 Å². The molecule has 2 N–H and O–H groups in total. The van der Waals surface area contributed by atoms with Gasteiger partial charge in [-0.2, -0.15) is 0 Å². The molecule has 1 aliphatic heterocycles. The molecular weight excluding hydrogens is 285 g/mol. The quantitative estimate of drug-likeness (QED) is 0.744. The Morgan fingerprint density at radius 3 is 2.42 bits per heavy atom. The molecule has 1 heterocycles. The summed E-state index contributed by atoms with van der Waals surface area (Å²) in [6.45, 7) is 9.14. The molecule has 114 valence electrons. The summed E-state index contributed by atoms with van der Waals surface area (Å²) in [6.07, 6.45) is 2.68. The lowest BCUT2D eigenvalue weighted by Crippen LogP contribution is -2.50. The molecule has 1 saturated carbocycles. The molecule has 6 heteroatoms. The number of nitrogens with one attached hydrogen (secondary N) is 2. The van der Waals surface area contributed by atoms with Gasteiger partial charge in [0, 0.05) is 25.0 Å². The number of carbonyl (C=O) groups is 1. The highest BCUT2D eigenvalue weighted by atomic mass is 35.5. The van der Waals surface area contributed by atoms with Crippen LogP contribution < -0.4 is 10.6 Å². The smallest absolute Gasteiger partial charge is 0.223 e. The molecule has 1 unspecified atom stereocenters. The van der Waals surface area contributed by atoms with Gasteiger partial charge in [-0.25, -0.2) is 0 Å². The number of nitrogens with zero attached hydrogens (tertiary/aromatic N) is 1. The SMILES string of the molecule is CCN(CCNC(=O)C(C)C1CNC1)C1CC1.Cl.Cl. The van der Waals surface area contributed by atoms with Crippen molar-refractivity contribution in [3.05, 3.63) is 0 Å². The Hall–Kier alpha value is -0.0300. The summed E-state index contributed by atoms with van der Waals surface area (Å²) < 4.78 is 0. The first-order valence-electron chi connectivity index (χ1n) is 6.94. The standard InChI is InChI=1S/C13H25N3O.2ClH/c1-3-16(12-4-5-12)7-6-15-13(17)10(2)11-8-14-9-11;;/h10-12,14H,3-9H2,1-2H3,(H,15,17);2*1H. The van der Waals surface area contributed by atoms with Gasteiger partial charge in [-0.3, -0.25) is 9.69 Å². The van der Waals surface area contributed by atoms with E-state index in [-0.39, 0.29) is 36.6 Å². The Balaban J connectivity index is 0.00000162. The summed E-state index contributed by atoms with van der Waals surface area (Å²) in [6, 6.07) is 0.796. The number of amides is 1. The van der Waals surface area contributed by atoms with Crippen LogP contribution in [-0.2, 0) is 4.79 Å². The maximum atomic E-state index is 11.9. The zero-order valence-corrected chi connectivity index (χ0v) is 13.5. The molecule has 1 saturated heterocycles. The van der Waals surface area contributed by atoms with Gasteiger partial charge in [-0.1, -0.05) is 13.8 Å². The average molecular weight is 312 g/mol. The number of likely N-dealkylation sites (N-methyl/N-ethyl adjacent to an activating group) is 1. The lowest BCUT2D eigenvalue weighted by atomic mass is 9.88. The third kappa shape index (κ3) is 5.46. The molecule has 4 nitrogen and oxygen atoms in total. The predicted octanol–water partition coefficient (Wildman–Crippen LogP) is 1.29. The molecule has 2 aliphatic rings. The molecule has 1 amide bonds. The number of hydrogen-bond acceptors (Lipinski definition) is 3. The predicted molar refractivity (Wildman–Crippen MR) is 83.3 cm³/mol. The van der Waals surface area contributed by atoms with Gasteiger partial charge in [0.25, 0.3) is 0 Å². The van der Waals surface area contributed by atoms with Gasteiger partial charge in [0.05, 0.1) is 0 Å². The molecule has 19 heavy (non-hydrogen) atoms. The van der Waals surface area contributed by atoms with Gasteiger partial charge < -0.3 is 10.6 Å². The van der Waals surface area contributed by atoms with Gasteiger partial charge in [0.2, 0.25) is 5.91 Å². The van der Waals surface area contributed by atoms with Crippen molar-refractivity contribution >= 4 is 30.7 Å². The molecule has 0 spiro atoms. The lowest BCUT2D eigenvalue weighted by Gasteiger charge is -2.32. The fraction of sp³-hybridized carbons (Fsp3) is 0.923. The Morgan fingerprint density at radius 2 is 2.00 bits per heavy atom. The fourth-order valence-electron chi connectivity index (χ4n) is 2.40. The zero-order valence-electron chi connectivity index (χ0n) is 11.9. The minimum Gasteiger partial charge on any atom is -0.355 e. The summed E-state index contributed by atoms with van der Waals surface area (Å²) in [4.78, 5) is 14.3. The normalized spacial score (nSPS) is 19.9. The summed E-state index contributed by atoms with van der Waals surface area (Å²) in [5, 5.41) is 6.29. The number of carbonyl (C=O) groups excluding carboxylic acids is 1. The average Bonchev–Trinajstić information content (AvgIpc) is 3.05. The molecule has 0 aromatic carbocycles. The molecule has 2 fully saturated rings. The van der Waals surface area contributed by atoms with Crippen LogP contribution in [0.3, 0.4) is 0 Å². The largest absolute Gasteiger partial charge is 0.355 e. The minimum atomic E-state index is 0. The molecule has 0 radical (unpaired) electrons. The van der Waals surface area contributed by atoms with E-state index in [1.165, 1.54) is 12.8 Å². The summed E-state index contributed by atoms with van der Waals surface area (Å²) in [7, 11) is 0. The van der Waals surface area contributed by atoms with Crippen molar-refractivity contribution in [3.63, 3.8) is 0 Å². The molecular formula is C13H27Cl2N3O. The highest BCUT2D eigenvalue weighted by Crippen LogP contribution is 2.25. The van der Waals surface area contributed by atoms with Gasteiger partial charge in [0.1, 0.15) is 0 Å².